The van der Waals surface area contributed by atoms with Crippen LogP contribution in [0.3, 0.4) is 0 Å². The van der Waals surface area contributed by atoms with Gasteiger partial charge in [0.2, 0.25) is 0 Å². The Balaban J connectivity index is 3.05. The minimum absolute atomic E-state index is 0.981. The highest BCUT2D eigenvalue weighted by Crippen LogP contribution is 1.81. The smallest absolute Gasteiger partial charge is 0.0128 e. The van der Waals surface area contributed by atoms with Gasteiger partial charge in [0.15, 0.2) is 0 Å². The van der Waals surface area contributed by atoms with Crippen molar-refractivity contribution in [1.29, 1.82) is 0 Å². The molecular weight excluding hydrogens is 76.1 g/mol. The van der Waals surface area contributed by atoms with Crippen molar-refractivity contribution in [2.24, 2.45) is 0 Å². The maximum absolute atomic E-state index is 3.67. The lowest BCUT2D eigenvalue weighted by atomic mass is 10.5. The van der Waals surface area contributed by atoms with Crippen LogP contribution in [-0.4, -0.2) is 5.10 Å². The van der Waals surface area contributed by atoms with Gasteiger partial charge in [-0.3, -0.25) is 0 Å². The Morgan fingerprint density at radius 2 is 2.67 bits per heavy atom. The lowest BCUT2D eigenvalue weighted by Gasteiger charge is -1.78. The average Bonchev–Trinajstić information content (AvgIpc) is 1.86. The Morgan fingerprint density at radius 1 is 1.83 bits per heavy atom. The van der Waals surface area contributed by atoms with Crippen LogP contribution in [0, 0.1) is 6.92 Å². The molecule has 0 atom stereocenters. The van der Waals surface area contributed by atoms with E-state index in [0.29, 0.717) is 0 Å². The van der Waals surface area contributed by atoms with Gasteiger partial charge in [-0.2, -0.15) is 6.20 Å². The molecule has 0 bridgehead atoms. The molecule has 0 aliphatic carbocycles. The van der Waals surface area contributed by atoms with Gasteiger partial charge < -0.3 is 10.2 Å². The Morgan fingerprint density at radius 3 is 2.83 bits per heavy atom. The van der Waals surface area contributed by atoms with Crippen molar-refractivity contribution in [3.05, 3.63) is 18.0 Å². The van der Waals surface area contributed by atoms with Gasteiger partial charge in [-0.05, 0) is 6.92 Å². The van der Waals surface area contributed by atoms with E-state index >= 15 is 0 Å². The Hall–Kier alpha value is -0.790. The van der Waals surface area contributed by atoms with Gasteiger partial charge >= 0.3 is 0 Å². The van der Waals surface area contributed by atoms with Crippen molar-refractivity contribution >= 4 is 0 Å². The lowest BCUT2D eigenvalue weighted by molar-refractivity contribution is 1.02. The molecule has 0 saturated heterocycles. The van der Waals surface area contributed by atoms with Crippen LogP contribution in [0.5, 0.6) is 0 Å². The summed E-state index contributed by atoms with van der Waals surface area (Å²) >= 11 is 0. The van der Waals surface area contributed by atoms with E-state index in [9.17, 15) is 0 Å². The molecule has 0 aliphatic heterocycles. The van der Waals surface area contributed by atoms with Crippen LogP contribution < -0.4 is 5.10 Å². The second-order valence-corrected chi connectivity index (χ2v) is 1.17. The number of aryl methyl sites for hydroxylation is 1. The Kier molecular flexibility index (Phi) is 0.638. The van der Waals surface area contributed by atoms with Gasteiger partial charge in [-0.1, -0.05) is 6.07 Å². The molecular formula is C4H5N2-. The molecule has 0 fully saturated rings. The molecule has 0 aromatic carbocycles. The quantitative estimate of drug-likeness (QED) is 0.450. The van der Waals surface area contributed by atoms with E-state index < -0.39 is 0 Å². The van der Waals surface area contributed by atoms with Gasteiger partial charge in [0, 0.05) is 5.69 Å². The molecule has 1 aromatic rings. The summed E-state index contributed by atoms with van der Waals surface area (Å²) < 4.78 is 0. The normalized spacial score (nSPS) is 8.83. The van der Waals surface area contributed by atoms with Gasteiger partial charge in [0.1, 0.15) is 0 Å². The van der Waals surface area contributed by atoms with Crippen molar-refractivity contribution in [2.45, 2.75) is 6.92 Å². The molecule has 32 valence electrons. The van der Waals surface area contributed by atoms with Crippen LogP contribution >= 0.6 is 0 Å². The molecule has 0 spiro atoms. The molecule has 1 heterocycles. The summed E-state index contributed by atoms with van der Waals surface area (Å²) in [5.41, 5.74) is 0.981. The first kappa shape index (κ1) is 3.40. The summed E-state index contributed by atoms with van der Waals surface area (Å²) in [7, 11) is 0. The fourth-order valence-electron chi connectivity index (χ4n) is 0.299. The molecule has 0 unspecified atom stereocenters. The van der Waals surface area contributed by atoms with E-state index in [1.807, 2.05) is 13.0 Å². The second kappa shape index (κ2) is 1.12. The van der Waals surface area contributed by atoms with Crippen molar-refractivity contribution in [3.8, 4) is 0 Å². The average molecular weight is 81.1 g/mol. The molecule has 0 amide bonds. The van der Waals surface area contributed by atoms with E-state index in [-0.39, 0.29) is 0 Å². The molecule has 6 heavy (non-hydrogen) atoms. The molecule has 1 rings (SSSR count). The minimum Gasteiger partial charge on any atom is -0.582 e. The van der Waals surface area contributed by atoms with E-state index in [1.54, 1.807) is 6.20 Å². The van der Waals surface area contributed by atoms with Crippen molar-refractivity contribution in [3.63, 3.8) is 0 Å². The summed E-state index contributed by atoms with van der Waals surface area (Å²) in [6.45, 7) is 1.91. The monoisotopic (exact) mass is 81.0 g/mol. The van der Waals surface area contributed by atoms with Crippen LogP contribution in [0.4, 0.5) is 0 Å². The summed E-state index contributed by atoms with van der Waals surface area (Å²) in [4.78, 5) is 0. The van der Waals surface area contributed by atoms with Crippen LogP contribution in [0.25, 0.3) is 0 Å². The van der Waals surface area contributed by atoms with Gasteiger partial charge in [-0.25, -0.2) is 0 Å². The highest BCUT2D eigenvalue weighted by atomic mass is 15.1. The number of nitrogens with zero attached hydrogens (tertiary/aromatic N) is 2. The molecule has 0 saturated carbocycles. The topological polar surface area (TPSA) is 27.0 Å². The predicted molar refractivity (Wildman–Crippen MR) is 22.3 cm³/mol. The first-order valence-electron chi connectivity index (χ1n) is 1.80. The maximum Gasteiger partial charge on any atom is 0.0128 e. The SMILES string of the molecule is Cc1cc[n-]n1. The number of hydrogen-bond acceptors (Lipinski definition) is 1. The molecule has 2 heteroatoms. The molecule has 0 N–H and O–H groups in total. The fraction of sp³-hybridized carbons (Fsp3) is 0.250. The fourth-order valence-corrected chi connectivity index (χ4v) is 0.299. The highest BCUT2D eigenvalue weighted by Gasteiger charge is 1.65. The van der Waals surface area contributed by atoms with E-state index in [4.69, 9.17) is 0 Å². The van der Waals surface area contributed by atoms with Crippen molar-refractivity contribution in [1.82, 2.24) is 10.2 Å². The van der Waals surface area contributed by atoms with Gasteiger partial charge in [0.05, 0.1) is 0 Å². The van der Waals surface area contributed by atoms with Gasteiger partial charge in [0.25, 0.3) is 0 Å². The third-order valence-corrected chi connectivity index (χ3v) is 0.598. The second-order valence-electron chi connectivity index (χ2n) is 1.17. The summed E-state index contributed by atoms with van der Waals surface area (Å²) in [5, 5.41) is 7.24. The van der Waals surface area contributed by atoms with Crippen LogP contribution in [0.1, 0.15) is 5.69 Å². The van der Waals surface area contributed by atoms with E-state index in [1.165, 1.54) is 0 Å². The maximum atomic E-state index is 3.67. The molecule has 2 nitrogen and oxygen atoms in total. The highest BCUT2D eigenvalue weighted by molar-refractivity contribution is 4.91. The summed E-state index contributed by atoms with van der Waals surface area (Å²) in [5.74, 6) is 0. The molecule has 0 aliphatic rings. The first-order chi connectivity index (χ1) is 2.89. The summed E-state index contributed by atoms with van der Waals surface area (Å²) in [6.07, 6.45) is 1.68. The number of aromatic nitrogens is 2. The lowest BCUT2D eigenvalue weighted by Crippen LogP contribution is -1.68. The zero-order chi connectivity index (χ0) is 4.41. The van der Waals surface area contributed by atoms with E-state index in [2.05, 4.69) is 10.2 Å². The van der Waals surface area contributed by atoms with Crippen molar-refractivity contribution < 1.29 is 0 Å². The Labute approximate surface area is 36.2 Å². The zero-order valence-corrected chi connectivity index (χ0v) is 3.55. The standard InChI is InChI=1S/C4H5N2/c1-4-2-3-5-6-4/h2-3H,1H3/q-1. The summed E-state index contributed by atoms with van der Waals surface area (Å²) in [6, 6.07) is 1.86. The van der Waals surface area contributed by atoms with Crippen LogP contribution in [0.2, 0.25) is 0 Å². The number of rotatable bonds is 0. The van der Waals surface area contributed by atoms with Gasteiger partial charge in [-0.15, -0.1) is 0 Å². The zero-order valence-electron chi connectivity index (χ0n) is 3.55. The van der Waals surface area contributed by atoms with Crippen LogP contribution in [-0.2, 0) is 0 Å². The third kappa shape index (κ3) is 0.407. The predicted octanol–water partition coefficient (Wildman–Crippen LogP) is 0.347. The molecule has 0 radical (unpaired) electrons. The van der Waals surface area contributed by atoms with E-state index in [0.717, 1.165) is 5.69 Å². The van der Waals surface area contributed by atoms with Crippen LogP contribution in [0.15, 0.2) is 12.3 Å². The molecule has 1 aromatic heterocycles. The van der Waals surface area contributed by atoms with Crippen molar-refractivity contribution in [2.75, 3.05) is 0 Å². The number of hydrogen-bond donors (Lipinski definition) is 0. The largest absolute Gasteiger partial charge is 0.582 e. The Bertz CT molecular complexity index is 109. The first-order valence-corrected chi connectivity index (χ1v) is 1.80. The minimum atomic E-state index is 0.981. The third-order valence-electron chi connectivity index (χ3n) is 0.598.